The Balaban J connectivity index is 1.68. The zero-order chi connectivity index (χ0) is 20.7. The van der Waals surface area contributed by atoms with Gasteiger partial charge in [0.1, 0.15) is 0 Å². The van der Waals surface area contributed by atoms with Gasteiger partial charge < -0.3 is 24.3 Å². The third-order valence-electron chi connectivity index (χ3n) is 5.77. The van der Waals surface area contributed by atoms with Crippen LogP contribution in [0.3, 0.4) is 0 Å². The molecule has 2 fully saturated rings. The highest BCUT2D eigenvalue weighted by Crippen LogP contribution is 2.36. The minimum Gasteiger partial charge on any atom is -0.399 e. The second-order valence-electron chi connectivity index (χ2n) is 8.34. The Hall–Kier alpha value is -1.71. The number of rotatable bonds is 4. The first kappa shape index (κ1) is 21.0. The highest BCUT2D eigenvalue weighted by Gasteiger charge is 2.52. The molecule has 0 saturated carbocycles. The molecule has 3 rings (SSSR count). The van der Waals surface area contributed by atoms with Crippen molar-refractivity contribution in [3.8, 4) is 0 Å². The lowest BCUT2D eigenvalue weighted by Gasteiger charge is -2.32. The quantitative estimate of drug-likeness (QED) is 0.795. The molecule has 0 aliphatic carbocycles. The molecule has 1 atom stereocenters. The van der Waals surface area contributed by atoms with Crippen molar-refractivity contribution in [3.05, 3.63) is 23.8 Å². The van der Waals surface area contributed by atoms with Crippen LogP contribution in [0.25, 0.3) is 0 Å². The zero-order valence-electron chi connectivity index (χ0n) is 16.9. The number of hydrogen-bond donors (Lipinski definition) is 1. The smallest absolute Gasteiger partial charge is 0.399 e. The number of nitrogens with zero attached hydrogens (tertiary/aromatic N) is 1. The van der Waals surface area contributed by atoms with E-state index in [1.54, 1.807) is 6.07 Å². The molecule has 0 bridgehead atoms. The van der Waals surface area contributed by atoms with Crippen molar-refractivity contribution >= 4 is 24.3 Å². The molecule has 2 amide bonds. The number of amides is 2. The van der Waals surface area contributed by atoms with Crippen molar-refractivity contribution in [1.29, 1.82) is 0 Å². The number of carbonyl (C=O) groups is 1. The van der Waals surface area contributed by atoms with Crippen molar-refractivity contribution in [3.63, 3.8) is 0 Å². The molecular weight excluding hydrogens is 369 g/mol. The monoisotopic (exact) mass is 396 g/mol. The van der Waals surface area contributed by atoms with Gasteiger partial charge >= 0.3 is 19.8 Å². The summed E-state index contributed by atoms with van der Waals surface area (Å²) < 4.78 is 41.4. The molecule has 1 N–H and O–H groups in total. The van der Waals surface area contributed by atoms with Crippen LogP contribution < -0.4 is 10.8 Å². The number of carbonyl (C=O) groups excluding carboxylic acids is 1. The van der Waals surface area contributed by atoms with E-state index < -0.39 is 31.0 Å². The summed E-state index contributed by atoms with van der Waals surface area (Å²) in [6, 6.07) is 5.18. The fourth-order valence-corrected chi connectivity index (χ4v) is 3.31. The summed E-state index contributed by atoms with van der Waals surface area (Å²) in [5.74, 6) is 0. The molecular formula is C19H27BF2N2O4. The third kappa shape index (κ3) is 4.31. The zero-order valence-corrected chi connectivity index (χ0v) is 16.9. The van der Waals surface area contributed by atoms with Crippen molar-refractivity contribution in [2.24, 2.45) is 0 Å². The molecule has 1 aromatic rings. The molecule has 28 heavy (non-hydrogen) atoms. The lowest BCUT2D eigenvalue weighted by molar-refractivity contribution is -0.158. The minimum absolute atomic E-state index is 0.145. The molecule has 6 nitrogen and oxygen atoms in total. The maximum atomic E-state index is 12.5. The van der Waals surface area contributed by atoms with Crippen LogP contribution >= 0.6 is 0 Å². The Bertz CT molecular complexity index is 729. The maximum absolute atomic E-state index is 12.5. The summed E-state index contributed by atoms with van der Waals surface area (Å²) in [5.41, 5.74) is 1.51. The summed E-state index contributed by atoms with van der Waals surface area (Å²) in [6.07, 6.45) is -0.241. The number of benzene rings is 1. The summed E-state index contributed by atoms with van der Waals surface area (Å²) >= 11 is 0. The van der Waals surface area contributed by atoms with Gasteiger partial charge in [-0.15, -0.1) is 0 Å². The van der Waals surface area contributed by atoms with E-state index in [1.807, 2.05) is 46.8 Å². The van der Waals surface area contributed by atoms with Gasteiger partial charge in [0.05, 0.1) is 17.3 Å². The Morgan fingerprint density at radius 2 is 1.93 bits per heavy atom. The Morgan fingerprint density at radius 1 is 1.29 bits per heavy atom. The average molecular weight is 396 g/mol. The molecule has 0 radical (unpaired) electrons. The fourth-order valence-electron chi connectivity index (χ4n) is 3.31. The second-order valence-corrected chi connectivity index (χ2v) is 8.34. The van der Waals surface area contributed by atoms with E-state index in [2.05, 4.69) is 10.1 Å². The largest absolute Gasteiger partial charge is 0.495 e. The number of urea groups is 1. The van der Waals surface area contributed by atoms with Gasteiger partial charge in [-0.25, -0.2) is 4.79 Å². The molecule has 0 spiro atoms. The van der Waals surface area contributed by atoms with Crippen molar-refractivity contribution in [1.82, 2.24) is 4.90 Å². The van der Waals surface area contributed by atoms with Crippen molar-refractivity contribution in [2.75, 3.05) is 18.4 Å². The summed E-state index contributed by atoms with van der Waals surface area (Å²) in [6.45, 7) is 7.59. The number of hydrogen-bond acceptors (Lipinski definition) is 4. The van der Waals surface area contributed by atoms with Crippen molar-refractivity contribution in [2.45, 2.75) is 65.0 Å². The number of alkyl halides is 2. The van der Waals surface area contributed by atoms with Crippen LogP contribution in [0.4, 0.5) is 19.3 Å². The van der Waals surface area contributed by atoms with Gasteiger partial charge in [-0.2, -0.15) is 8.78 Å². The Labute approximate surface area is 164 Å². The number of halogens is 2. The number of aryl methyl sites for hydroxylation is 1. The van der Waals surface area contributed by atoms with Crippen LogP contribution in [0.1, 0.15) is 39.7 Å². The highest BCUT2D eigenvalue weighted by molar-refractivity contribution is 6.62. The van der Waals surface area contributed by atoms with Crippen LogP contribution in [-0.2, 0) is 14.0 Å². The van der Waals surface area contributed by atoms with Gasteiger partial charge in [0.15, 0.2) is 0 Å². The molecule has 1 aromatic carbocycles. The third-order valence-corrected chi connectivity index (χ3v) is 5.77. The molecule has 0 aromatic heterocycles. The predicted octanol–water partition coefficient (Wildman–Crippen LogP) is 3.14. The first-order valence-electron chi connectivity index (χ1n) is 9.44. The van der Waals surface area contributed by atoms with Gasteiger partial charge in [-0.3, -0.25) is 0 Å². The second kappa shape index (κ2) is 7.61. The lowest BCUT2D eigenvalue weighted by atomic mass is 9.76. The van der Waals surface area contributed by atoms with E-state index in [0.717, 1.165) is 11.0 Å². The summed E-state index contributed by atoms with van der Waals surface area (Å²) in [7, 11) is -0.530. The van der Waals surface area contributed by atoms with Crippen LogP contribution in [0.5, 0.6) is 0 Å². The van der Waals surface area contributed by atoms with Crippen LogP contribution in [0.2, 0.25) is 0 Å². The van der Waals surface area contributed by atoms with Crippen LogP contribution in [0.15, 0.2) is 18.2 Å². The standard InChI is InChI=1S/C19H27BF2N2O4/c1-12-6-7-13(10-15(12)20-27-18(2,3)19(4,5)28-20)23-17(25)24-9-8-14(11-24)26-16(21)22/h6-7,10,14,16H,8-9,11H2,1-5H3,(H,23,25). The van der Waals surface area contributed by atoms with E-state index in [1.165, 1.54) is 4.90 Å². The van der Waals surface area contributed by atoms with Crippen LogP contribution in [0, 0.1) is 6.92 Å². The molecule has 1 unspecified atom stereocenters. The van der Waals surface area contributed by atoms with E-state index in [0.29, 0.717) is 18.7 Å². The van der Waals surface area contributed by atoms with E-state index in [-0.39, 0.29) is 12.6 Å². The van der Waals surface area contributed by atoms with Crippen LogP contribution in [-0.4, -0.2) is 55.1 Å². The van der Waals surface area contributed by atoms with Gasteiger partial charge in [-0.05, 0) is 58.6 Å². The SMILES string of the molecule is Cc1ccc(NC(=O)N2CCC(OC(F)F)C2)cc1B1OC(C)(C)C(C)(C)O1. The predicted molar refractivity (Wildman–Crippen MR) is 103 cm³/mol. The lowest BCUT2D eigenvalue weighted by Crippen LogP contribution is -2.41. The molecule has 2 saturated heterocycles. The number of ether oxygens (including phenoxy) is 1. The highest BCUT2D eigenvalue weighted by atomic mass is 19.3. The number of anilines is 1. The van der Waals surface area contributed by atoms with Gasteiger partial charge in [0.25, 0.3) is 0 Å². The number of likely N-dealkylation sites (tertiary alicyclic amines) is 1. The first-order chi connectivity index (χ1) is 13.0. The molecule has 154 valence electrons. The van der Waals surface area contributed by atoms with Gasteiger partial charge in [0, 0.05) is 18.8 Å². The van der Waals surface area contributed by atoms with Crippen molar-refractivity contribution < 1.29 is 27.6 Å². The Morgan fingerprint density at radius 3 is 2.54 bits per heavy atom. The Kier molecular flexibility index (Phi) is 5.71. The normalized spacial score (nSPS) is 23.5. The number of nitrogens with one attached hydrogen (secondary N) is 1. The van der Waals surface area contributed by atoms with E-state index in [4.69, 9.17) is 9.31 Å². The maximum Gasteiger partial charge on any atom is 0.495 e. The fraction of sp³-hybridized carbons (Fsp3) is 0.632. The van der Waals surface area contributed by atoms with Gasteiger partial charge in [-0.1, -0.05) is 11.6 Å². The molecule has 9 heteroatoms. The van der Waals surface area contributed by atoms with Gasteiger partial charge in [0.2, 0.25) is 0 Å². The average Bonchev–Trinajstić information content (AvgIpc) is 3.11. The summed E-state index contributed by atoms with van der Waals surface area (Å²) in [4.78, 5) is 14.0. The molecule has 2 aliphatic heterocycles. The van der Waals surface area contributed by atoms with E-state index >= 15 is 0 Å². The minimum atomic E-state index is -2.83. The topological polar surface area (TPSA) is 60.0 Å². The first-order valence-corrected chi connectivity index (χ1v) is 9.44. The van der Waals surface area contributed by atoms with E-state index in [9.17, 15) is 13.6 Å². The summed E-state index contributed by atoms with van der Waals surface area (Å²) in [5, 5.41) is 2.82. The molecule has 2 aliphatic rings. The molecule has 2 heterocycles.